The molecule has 2 rings (SSSR count). The molecule has 1 aliphatic heterocycles. The molecule has 6 nitrogen and oxygen atoms in total. The Morgan fingerprint density at radius 3 is 2.69 bits per heavy atom. The first-order chi connectivity index (χ1) is 7.63. The predicted molar refractivity (Wildman–Crippen MR) is 57.0 cm³/mol. The minimum absolute atomic E-state index is 0.0353. The first-order valence-electron chi connectivity index (χ1n) is 4.16. The third-order valence-corrected chi connectivity index (χ3v) is 2.84. The van der Waals surface area contributed by atoms with E-state index in [2.05, 4.69) is 27.8 Å². The SMILES string of the molecule is C=C.COc1ccc2c(c1)S(=O)(=O)ON=N2. The van der Waals surface area contributed by atoms with Gasteiger partial charge >= 0.3 is 10.1 Å². The summed E-state index contributed by atoms with van der Waals surface area (Å²) in [5.41, 5.74) is 0.247. The lowest BCUT2D eigenvalue weighted by atomic mass is 10.3. The molecule has 0 fully saturated rings. The van der Waals surface area contributed by atoms with Gasteiger partial charge in [-0.15, -0.1) is 18.3 Å². The van der Waals surface area contributed by atoms with Crippen LogP contribution in [-0.2, 0) is 14.4 Å². The van der Waals surface area contributed by atoms with Crippen LogP contribution in [0.4, 0.5) is 5.69 Å². The fraction of sp³-hybridized carbons (Fsp3) is 0.111. The van der Waals surface area contributed by atoms with E-state index < -0.39 is 10.1 Å². The monoisotopic (exact) mass is 242 g/mol. The summed E-state index contributed by atoms with van der Waals surface area (Å²) in [6.07, 6.45) is 0. The Morgan fingerprint density at radius 2 is 2.06 bits per heavy atom. The molecule has 1 aromatic carbocycles. The number of nitrogens with zero attached hydrogens (tertiary/aromatic N) is 2. The number of ether oxygens (including phenoxy) is 1. The van der Waals surface area contributed by atoms with Gasteiger partial charge in [0.2, 0.25) is 0 Å². The summed E-state index contributed by atoms with van der Waals surface area (Å²) in [5.74, 6) is 0.424. The lowest BCUT2D eigenvalue weighted by molar-refractivity contribution is 0.306. The van der Waals surface area contributed by atoms with Gasteiger partial charge in [-0.05, 0) is 12.1 Å². The van der Waals surface area contributed by atoms with E-state index in [4.69, 9.17) is 4.74 Å². The summed E-state index contributed by atoms with van der Waals surface area (Å²) in [6.45, 7) is 6.00. The van der Waals surface area contributed by atoms with Crippen molar-refractivity contribution in [3.8, 4) is 5.75 Å². The van der Waals surface area contributed by atoms with Crippen LogP contribution in [0.3, 0.4) is 0 Å². The van der Waals surface area contributed by atoms with Crippen molar-refractivity contribution in [2.45, 2.75) is 4.90 Å². The van der Waals surface area contributed by atoms with Gasteiger partial charge < -0.3 is 4.74 Å². The molecule has 0 aliphatic carbocycles. The average molecular weight is 242 g/mol. The van der Waals surface area contributed by atoms with E-state index in [9.17, 15) is 8.42 Å². The molecule has 1 aliphatic rings. The third kappa shape index (κ3) is 2.19. The highest BCUT2D eigenvalue weighted by atomic mass is 32.2. The number of hydrogen-bond acceptors (Lipinski definition) is 6. The van der Waals surface area contributed by atoms with Gasteiger partial charge in [-0.3, -0.25) is 0 Å². The van der Waals surface area contributed by atoms with Crippen LogP contribution in [0.5, 0.6) is 5.75 Å². The zero-order chi connectivity index (χ0) is 12.2. The summed E-state index contributed by atoms with van der Waals surface area (Å²) in [4.78, 5) is -0.0353. The predicted octanol–water partition coefficient (Wildman–Crippen LogP) is 2.21. The second-order valence-corrected chi connectivity index (χ2v) is 4.04. The van der Waals surface area contributed by atoms with Gasteiger partial charge in [-0.25, -0.2) is 4.28 Å². The Hall–Kier alpha value is -1.89. The second kappa shape index (κ2) is 4.75. The van der Waals surface area contributed by atoms with Crippen LogP contribution < -0.4 is 4.74 Å². The highest BCUT2D eigenvalue weighted by Gasteiger charge is 2.25. The maximum Gasteiger partial charge on any atom is 0.362 e. The smallest absolute Gasteiger partial charge is 0.362 e. The minimum atomic E-state index is -3.82. The Morgan fingerprint density at radius 1 is 1.38 bits per heavy atom. The van der Waals surface area contributed by atoms with Crippen molar-refractivity contribution in [3.05, 3.63) is 31.4 Å². The fourth-order valence-electron chi connectivity index (χ4n) is 1.05. The topological polar surface area (TPSA) is 77.3 Å². The molecular formula is C9H10N2O4S. The van der Waals surface area contributed by atoms with E-state index in [1.807, 2.05) is 0 Å². The Kier molecular flexibility index (Phi) is 3.62. The molecule has 16 heavy (non-hydrogen) atoms. The number of hydrogen-bond donors (Lipinski definition) is 0. The summed E-state index contributed by atoms with van der Waals surface area (Å²) in [5, 5.41) is 6.56. The van der Waals surface area contributed by atoms with E-state index in [0.717, 1.165) is 0 Å². The number of rotatable bonds is 1. The highest BCUT2D eigenvalue weighted by molar-refractivity contribution is 7.87. The Labute approximate surface area is 93.3 Å². The molecule has 0 saturated heterocycles. The number of benzene rings is 1. The van der Waals surface area contributed by atoms with Gasteiger partial charge in [0, 0.05) is 11.3 Å². The van der Waals surface area contributed by atoms with Crippen molar-refractivity contribution in [1.82, 2.24) is 0 Å². The third-order valence-electron chi connectivity index (χ3n) is 1.72. The van der Waals surface area contributed by atoms with Gasteiger partial charge in [0.15, 0.2) is 0 Å². The highest BCUT2D eigenvalue weighted by Crippen LogP contribution is 2.33. The maximum atomic E-state index is 11.3. The van der Waals surface area contributed by atoms with Gasteiger partial charge in [-0.2, -0.15) is 8.42 Å². The van der Waals surface area contributed by atoms with Gasteiger partial charge in [0.25, 0.3) is 0 Å². The molecule has 0 unspecified atom stereocenters. The Bertz CT molecular complexity index is 510. The first kappa shape index (κ1) is 12.2. The van der Waals surface area contributed by atoms with E-state index >= 15 is 0 Å². The zero-order valence-electron chi connectivity index (χ0n) is 8.58. The molecule has 0 spiro atoms. The second-order valence-electron chi connectivity index (χ2n) is 2.54. The van der Waals surface area contributed by atoms with Crippen molar-refractivity contribution in [2.75, 3.05) is 7.11 Å². The van der Waals surface area contributed by atoms with Crippen LogP contribution in [0.1, 0.15) is 0 Å². The van der Waals surface area contributed by atoms with Crippen molar-refractivity contribution in [2.24, 2.45) is 10.4 Å². The summed E-state index contributed by atoms with van der Waals surface area (Å²) >= 11 is 0. The molecule has 1 aromatic rings. The van der Waals surface area contributed by atoms with Crippen molar-refractivity contribution >= 4 is 15.8 Å². The van der Waals surface area contributed by atoms with Gasteiger partial charge in [0.1, 0.15) is 16.3 Å². The van der Waals surface area contributed by atoms with Crippen LogP contribution >= 0.6 is 0 Å². The average Bonchev–Trinajstić information content (AvgIpc) is 2.31. The van der Waals surface area contributed by atoms with Gasteiger partial charge in [0.05, 0.1) is 7.11 Å². The molecule has 86 valence electrons. The summed E-state index contributed by atoms with van der Waals surface area (Å²) in [7, 11) is -2.37. The van der Waals surface area contributed by atoms with Crippen LogP contribution in [0.2, 0.25) is 0 Å². The molecule has 0 amide bonds. The molecule has 1 heterocycles. The van der Waals surface area contributed by atoms with Crippen molar-refractivity contribution in [3.63, 3.8) is 0 Å². The fourth-order valence-corrected chi connectivity index (χ4v) is 1.88. The summed E-state index contributed by atoms with van der Waals surface area (Å²) < 4.78 is 31.7. The van der Waals surface area contributed by atoms with E-state index in [1.165, 1.54) is 19.2 Å². The van der Waals surface area contributed by atoms with Crippen molar-refractivity contribution < 1.29 is 17.4 Å². The van der Waals surface area contributed by atoms with Crippen molar-refractivity contribution in [1.29, 1.82) is 0 Å². The van der Waals surface area contributed by atoms with E-state index in [-0.39, 0.29) is 10.6 Å². The van der Waals surface area contributed by atoms with E-state index in [0.29, 0.717) is 5.75 Å². The molecule has 7 heteroatoms. The lowest BCUT2D eigenvalue weighted by Gasteiger charge is -2.09. The van der Waals surface area contributed by atoms with Crippen LogP contribution in [0.15, 0.2) is 46.6 Å². The number of fused-ring (bicyclic) bond motifs is 1. The van der Waals surface area contributed by atoms with E-state index in [1.54, 1.807) is 6.07 Å². The molecule has 0 saturated carbocycles. The molecule has 0 N–H and O–H groups in total. The van der Waals surface area contributed by atoms with Crippen LogP contribution in [0, 0.1) is 0 Å². The van der Waals surface area contributed by atoms with Gasteiger partial charge in [-0.1, -0.05) is 0 Å². The quantitative estimate of drug-likeness (QED) is 0.707. The molecule has 0 radical (unpaired) electrons. The maximum absolute atomic E-state index is 11.3. The standard InChI is InChI=1S/C7H6N2O4S.C2H4/c1-12-5-2-3-6-7(4-5)14(10,11)13-9-8-6;1-2/h2-4H,1H3;1-2H2. The molecule has 0 aromatic heterocycles. The van der Waals surface area contributed by atoms with Crippen LogP contribution in [-0.4, -0.2) is 15.5 Å². The molecular weight excluding hydrogens is 232 g/mol. The molecule has 0 atom stereocenters. The number of methoxy groups -OCH3 is 1. The summed E-state index contributed by atoms with van der Waals surface area (Å²) in [6, 6.07) is 4.43. The van der Waals surface area contributed by atoms with Crippen LogP contribution in [0.25, 0.3) is 0 Å². The first-order valence-corrected chi connectivity index (χ1v) is 5.57. The normalized spacial score (nSPS) is 15.1. The zero-order valence-corrected chi connectivity index (χ0v) is 9.40. The minimum Gasteiger partial charge on any atom is -0.497 e. The molecule has 0 bridgehead atoms. The lowest BCUT2D eigenvalue weighted by Crippen LogP contribution is -2.05. The Balaban J connectivity index is 0.000000606. The largest absolute Gasteiger partial charge is 0.497 e.